The van der Waals surface area contributed by atoms with Crippen molar-refractivity contribution >= 4 is 17.5 Å². The van der Waals surface area contributed by atoms with E-state index in [-0.39, 0.29) is 23.8 Å². The number of hydrogen-bond acceptors (Lipinski definition) is 4. The zero-order chi connectivity index (χ0) is 18.0. The van der Waals surface area contributed by atoms with Crippen molar-refractivity contribution in [2.75, 3.05) is 45.2 Å². The Kier molecular flexibility index (Phi) is 5.39. The van der Waals surface area contributed by atoms with E-state index in [0.717, 1.165) is 19.6 Å². The van der Waals surface area contributed by atoms with Gasteiger partial charge in [-0.25, -0.2) is 0 Å². The molecule has 2 aliphatic heterocycles. The minimum Gasteiger partial charge on any atom is -0.379 e. The van der Waals surface area contributed by atoms with Crippen LogP contribution in [0.3, 0.4) is 0 Å². The van der Waals surface area contributed by atoms with Crippen LogP contribution in [0.25, 0.3) is 0 Å². The zero-order valence-corrected chi connectivity index (χ0v) is 15.2. The van der Waals surface area contributed by atoms with Gasteiger partial charge >= 0.3 is 0 Å². The number of amides is 2. The summed E-state index contributed by atoms with van der Waals surface area (Å²) in [6, 6.07) is 7.28. The molecule has 2 aliphatic rings. The topological polar surface area (TPSA) is 61.9 Å². The third-order valence-corrected chi connectivity index (χ3v) is 4.81. The Labute approximate surface area is 149 Å². The van der Waals surface area contributed by atoms with Gasteiger partial charge < -0.3 is 19.9 Å². The molecule has 3 rings (SSSR count). The molecule has 0 radical (unpaired) electrons. The zero-order valence-electron chi connectivity index (χ0n) is 15.2. The van der Waals surface area contributed by atoms with Gasteiger partial charge in [0.05, 0.1) is 19.3 Å². The van der Waals surface area contributed by atoms with E-state index in [1.54, 1.807) is 6.07 Å². The average Bonchev–Trinajstić information content (AvgIpc) is 2.84. The minimum absolute atomic E-state index is 0.0106. The number of ether oxygens (including phenoxy) is 1. The second kappa shape index (κ2) is 7.54. The highest BCUT2D eigenvalue weighted by molar-refractivity contribution is 5.97. The van der Waals surface area contributed by atoms with Crippen LogP contribution in [-0.4, -0.2) is 67.6 Å². The van der Waals surface area contributed by atoms with Gasteiger partial charge in [-0.3, -0.25) is 9.59 Å². The molecule has 25 heavy (non-hydrogen) atoms. The van der Waals surface area contributed by atoms with E-state index in [9.17, 15) is 9.59 Å². The molecule has 0 aromatic heterocycles. The van der Waals surface area contributed by atoms with Crippen molar-refractivity contribution in [3.8, 4) is 0 Å². The van der Waals surface area contributed by atoms with E-state index >= 15 is 0 Å². The first kappa shape index (κ1) is 17.9. The highest BCUT2D eigenvalue weighted by Gasteiger charge is 2.35. The third kappa shape index (κ3) is 4.19. The third-order valence-electron chi connectivity index (χ3n) is 4.81. The number of carbonyl (C=O) groups is 2. The van der Waals surface area contributed by atoms with Gasteiger partial charge in [-0.15, -0.1) is 0 Å². The second-order valence-corrected chi connectivity index (χ2v) is 7.46. The van der Waals surface area contributed by atoms with E-state index in [1.165, 1.54) is 0 Å². The highest BCUT2D eigenvalue weighted by atomic mass is 16.5. The molecule has 0 unspecified atom stereocenters. The lowest BCUT2D eigenvalue weighted by atomic mass is 10.1. The number of benzene rings is 1. The maximum atomic E-state index is 13.1. The summed E-state index contributed by atoms with van der Waals surface area (Å²) < 4.78 is 5.75. The molecule has 2 amide bonds. The monoisotopic (exact) mass is 345 g/mol. The molecular formula is C19H27N3O3. The predicted molar refractivity (Wildman–Crippen MR) is 96.5 cm³/mol. The molecule has 1 aromatic carbocycles. The summed E-state index contributed by atoms with van der Waals surface area (Å²) in [4.78, 5) is 29.2. The van der Waals surface area contributed by atoms with Gasteiger partial charge in [0, 0.05) is 42.7 Å². The van der Waals surface area contributed by atoms with E-state index in [2.05, 4.69) is 17.3 Å². The van der Waals surface area contributed by atoms with Crippen LogP contribution in [0.1, 0.15) is 24.2 Å². The Morgan fingerprint density at radius 2 is 2.00 bits per heavy atom. The van der Waals surface area contributed by atoms with E-state index in [4.69, 9.17) is 4.74 Å². The molecule has 0 aliphatic carbocycles. The van der Waals surface area contributed by atoms with Crippen molar-refractivity contribution in [2.45, 2.75) is 19.9 Å². The molecule has 2 heterocycles. The maximum Gasteiger partial charge on any atom is 0.254 e. The van der Waals surface area contributed by atoms with Crippen LogP contribution in [0.4, 0.5) is 5.69 Å². The first-order valence-electron chi connectivity index (χ1n) is 8.92. The van der Waals surface area contributed by atoms with Gasteiger partial charge in [-0.2, -0.15) is 0 Å². The molecular weight excluding hydrogens is 318 g/mol. The summed E-state index contributed by atoms with van der Waals surface area (Å²) in [6.07, 6.45) is 0. The smallest absolute Gasteiger partial charge is 0.254 e. The molecule has 2 fully saturated rings. The standard InChI is InChI=1S/C19H27N3O3/c1-13(2)18(23)20-16-6-4-5-15(7-16)19(24)22-9-14-8-21(3)10-17(22)12-25-11-14/h4-7,13-14,17H,8-12H2,1-3H3,(H,20,23)/t14-,17-/m0/s1. The van der Waals surface area contributed by atoms with Gasteiger partial charge in [0.25, 0.3) is 5.91 Å². The second-order valence-electron chi connectivity index (χ2n) is 7.46. The average molecular weight is 345 g/mol. The number of carbonyl (C=O) groups excluding carboxylic acids is 2. The van der Waals surface area contributed by atoms with Crippen LogP contribution < -0.4 is 5.32 Å². The quantitative estimate of drug-likeness (QED) is 0.905. The van der Waals surface area contributed by atoms with Gasteiger partial charge in [0.1, 0.15) is 0 Å². The molecule has 2 atom stereocenters. The first-order valence-corrected chi connectivity index (χ1v) is 8.92. The van der Waals surface area contributed by atoms with Gasteiger partial charge in [0.2, 0.25) is 5.91 Å². The van der Waals surface area contributed by atoms with Crippen LogP contribution in [0.15, 0.2) is 24.3 Å². The number of anilines is 1. The number of likely N-dealkylation sites (N-methyl/N-ethyl adjacent to an activating group) is 1. The van der Waals surface area contributed by atoms with Crippen molar-refractivity contribution in [2.24, 2.45) is 11.8 Å². The lowest BCUT2D eigenvalue weighted by Gasteiger charge is -2.30. The van der Waals surface area contributed by atoms with E-state index in [0.29, 0.717) is 30.4 Å². The number of rotatable bonds is 3. The van der Waals surface area contributed by atoms with Crippen molar-refractivity contribution in [3.05, 3.63) is 29.8 Å². The van der Waals surface area contributed by atoms with Crippen LogP contribution in [0.2, 0.25) is 0 Å². The Bertz CT molecular complexity index is 647. The number of fused-ring (bicyclic) bond motifs is 3. The van der Waals surface area contributed by atoms with Gasteiger partial charge in [-0.1, -0.05) is 19.9 Å². The Balaban J connectivity index is 1.79. The van der Waals surface area contributed by atoms with Crippen molar-refractivity contribution in [1.82, 2.24) is 9.80 Å². The van der Waals surface area contributed by atoms with E-state index in [1.807, 2.05) is 36.9 Å². The summed E-state index contributed by atoms with van der Waals surface area (Å²) in [5, 5.41) is 2.86. The molecule has 136 valence electrons. The molecule has 1 aromatic rings. The number of hydrogen-bond donors (Lipinski definition) is 1. The molecule has 6 nitrogen and oxygen atoms in total. The van der Waals surface area contributed by atoms with Crippen LogP contribution >= 0.6 is 0 Å². The maximum absolute atomic E-state index is 13.1. The molecule has 2 bridgehead atoms. The Hall–Kier alpha value is -1.92. The van der Waals surface area contributed by atoms with Crippen molar-refractivity contribution in [3.63, 3.8) is 0 Å². The fourth-order valence-corrected chi connectivity index (χ4v) is 3.51. The molecule has 0 spiro atoms. The lowest BCUT2D eigenvalue weighted by molar-refractivity contribution is -0.118. The van der Waals surface area contributed by atoms with Gasteiger partial charge in [0.15, 0.2) is 0 Å². The fourth-order valence-electron chi connectivity index (χ4n) is 3.51. The number of nitrogens with one attached hydrogen (secondary N) is 1. The van der Waals surface area contributed by atoms with Gasteiger partial charge in [-0.05, 0) is 25.2 Å². The Morgan fingerprint density at radius 3 is 2.76 bits per heavy atom. The lowest BCUT2D eigenvalue weighted by Crippen LogP contribution is -2.45. The molecule has 1 N–H and O–H groups in total. The molecule has 6 heteroatoms. The largest absolute Gasteiger partial charge is 0.379 e. The van der Waals surface area contributed by atoms with Crippen molar-refractivity contribution < 1.29 is 14.3 Å². The summed E-state index contributed by atoms with van der Waals surface area (Å²) in [5.74, 6) is 0.198. The van der Waals surface area contributed by atoms with Crippen molar-refractivity contribution in [1.29, 1.82) is 0 Å². The summed E-state index contributed by atoms with van der Waals surface area (Å²) in [5.41, 5.74) is 1.27. The minimum atomic E-state index is -0.100. The molecule has 0 saturated carbocycles. The first-order chi connectivity index (χ1) is 11.9. The summed E-state index contributed by atoms with van der Waals surface area (Å²) in [7, 11) is 2.10. The number of nitrogens with zero attached hydrogens (tertiary/aromatic N) is 2. The summed E-state index contributed by atoms with van der Waals surface area (Å²) in [6.45, 7) is 7.47. The van der Waals surface area contributed by atoms with Crippen LogP contribution in [0.5, 0.6) is 0 Å². The van der Waals surface area contributed by atoms with E-state index < -0.39 is 0 Å². The highest BCUT2D eigenvalue weighted by Crippen LogP contribution is 2.22. The SMILES string of the molecule is CC(C)C(=O)Nc1cccc(C(=O)N2C[C@H]3COC[C@@H]2CN(C)C3)c1. The molecule has 2 saturated heterocycles. The Morgan fingerprint density at radius 1 is 1.20 bits per heavy atom. The van der Waals surface area contributed by atoms with Crippen LogP contribution in [-0.2, 0) is 9.53 Å². The predicted octanol–water partition coefficient (Wildman–Crippen LogP) is 1.68. The normalized spacial score (nSPS) is 24.1. The van der Waals surface area contributed by atoms with Crippen LogP contribution in [0, 0.1) is 11.8 Å². The summed E-state index contributed by atoms with van der Waals surface area (Å²) >= 11 is 0. The fraction of sp³-hybridized carbons (Fsp3) is 0.579.